The molecule has 144 valence electrons. The van der Waals surface area contributed by atoms with Crippen LogP contribution in [0.4, 0.5) is 5.69 Å². The highest BCUT2D eigenvalue weighted by molar-refractivity contribution is 5.97. The summed E-state index contributed by atoms with van der Waals surface area (Å²) in [4.78, 5) is 25.6. The molecule has 2 N–H and O–H groups in total. The number of amides is 2. The maximum absolute atomic E-state index is 12.8. The van der Waals surface area contributed by atoms with Crippen molar-refractivity contribution in [1.82, 2.24) is 5.32 Å². The average molecular weight is 360 g/mol. The first kappa shape index (κ1) is 20.3. The van der Waals surface area contributed by atoms with Crippen molar-refractivity contribution in [3.8, 4) is 5.75 Å². The molecule has 1 fully saturated rings. The second kappa shape index (κ2) is 9.60. The summed E-state index contributed by atoms with van der Waals surface area (Å²) in [6.45, 7) is 6.18. The fourth-order valence-electron chi connectivity index (χ4n) is 3.56. The van der Waals surface area contributed by atoms with Crippen LogP contribution < -0.4 is 15.4 Å². The smallest absolute Gasteiger partial charge is 0.247 e. The van der Waals surface area contributed by atoms with Gasteiger partial charge in [0.25, 0.3) is 0 Å². The molecule has 1 aliphatic rings. The molecule has 2 amide bonds. The molecule has 2 rings (SSSR count). The summed E-state index contributed by atoms with van der Waals surface area (Å²) in [7, 11) is 1.61. The molecule has 1 aliphatic carbocycles. The van der Waals surface area contributed by atoms with Crippen LogP contribution in [0.25, 0.3) is 0 Å². The number of carbonyl (C=O) groups excluding carboxylic acids is 2. The zero-order valence-electron chi connectivity index (χ0n) is 16.4. The minimum absolute atomic E-state index is 0.0177. The molecular formula is C21H32N2O3. The predicted octanol–water partition coefficient (Wildman–Crippen LogP) is 3.99. The number of anilines is 1. The minimum atomic E-state index is -0.524. The van der Waals surface area contributed by atoms with Crippen LogP contribution in [0.1, 0.15) is 52.9 Å². The first-order valence-corrected chi connectivity index (χ1v) is 9.71. The van der Waals surface area contributed by atoms with E-state index in [1.807, 2.05) is 13.8 Å². The highest BCUT2D eigenvalue weighted by Gasteiger charge is 2.32. The number of benzene rings is 1. The summed E-state index contributed by atoms with van der Waals surface area (Å²) in [5, 5.41) is 5.95. The Morgan fingerprint density at radius 2 is 1.85 bits per heavy atom. The molecule has 0 heterocycles. The highest BCUT2D eigenvalue weighted by atomic mass is 16.5. The number of ether oxygens (including phenoxy) is 1. The molecule has 0 spiro atoms. The van der Waals surface area contributed by atoms with Gasteiger partial charge in [0.15, 0.2) is 0 Å². The Morgan fingerprint density at radius 1 is 1.19 bits per heavy atom. The Kier molecular flexibility index (Phi) is 7.49. The van der Waals surface area contributed by atoms with Crippen LogP contribution in [0.5, 0.6) is 5.75 Å². The molecule has 4 atom stereocenters. The summed E-state index contributed by atoms with van der Waals surface area (Å²) in [6, 6.07) is 6.68. The van der Waals surface area contributed by atoms with E-state index in [9.17, 15) is 9.59 Å². The highest BCUT2D eigenvalue weighted by Crippen LogP contribution is 2.30. The summed E-state index contributed by atoms with van der Waals surface area (Å²) in [5.74, 6) is 1.06. The van der Waals surface area contributed by atoms with Crippen molar-refractivity contribution in [2.75, 3.05) is 12.4 Å². The van der Waals surface area contributed by atoms with Crippen molar-refractivity contribution in [3.63, 3.8) is 0 Å². The van der Waals surface area contributed by atoms with Gasteiger partial charge in [0.1, 0.15) is 11.8 Å². The van der Waals surface area contributed by atoms with E-state index < -0.39 is 6.04 Å². The normalized spacial score (nSPS) is 22.2. The van der Waals surface area contributed by atoms with E-state index in [0.717, 1.165) is 31.4 Å². The topological polar surface area (TPSA) is 67.4 Å². The molecular weight excluding hydrogens is 328 g/mol. The van der Waals surface area contributed by atoms with E-state index in [1.165, 1.54) is 6.42 Å². The molecule has 5 nitrogen and oxygen atoms in total. The molecule has 0 unspecified atom stereocenters. The van der Waals surface area contributed by atoms with Gasteiger partial charge in [-0.1, -0.05) is 40.0 Å². The molecule has 0 aromatic heterocycles. The first-order valence-electron chi connectivity index (χ1n) is 9.71. The van der Waals surface area contributed by atoms with Gasteiger partial charge in [-0.05, 0) is 48.9 Å². The van der Waals surface area contributed by atoms with E-state index in [0.29, 0.717) is 11.6 Å². The summed E-state index contributed by atoms with van der Waals surface area (Å²) < 4.78 is 5.14. The summed E-state index contributed by atoms with van der Waals surface area (Å²) >= 11 is 0. The van der Waals surface area contributed by atoms with Crippen molar-refractivity contribution in [2.45, 2.75) is 58.9 Å². The van der Waals surface area contributed by atoms with Gasteiger partial charge in [-0.25, -0.2) is 0 Å². The molecule has 0 bridgehead atoms. The number of nitrogens with one attached hydrogen (secondary N) is 2. The Hall–Kier alpha value is -2.04. The zero-order chi connectivity index (χ0) is 19.1. The monoisotopic (exact) mass is 360 g/mol. The van der Waals surface area contributed by atoms with Crippen molar-refractivity contribution in [3.05, 3.63) is 24.3 Å². The molecule has 0 radical (unpaired) electrons. The van der Waals surface area contributed by atoms with E-state index >= 15 is 0 Å². The summed E-state index contributed by atoms with van der Waals surface area (Å²) in [5.41, 5.74) is 0.699. The van der Waals surface area contributed by atoms with Crippen molar-refractivity contribution < 1.29 is 14.3 Å². The van der Waals surface area contributed by atoms with Crippen LogP contribution in [0.2, 0.25) is 0 Å². The fraction of sp³-hybridized carbons (Fsp3) is 0.619. The quantitative estimate of drug-likeness (QED) is 0.772. The number of rotatable bonds is 7. The summed E-state index contributed by atoms with van der Waals surface area (Å²) in [6.07, 6.45) is 5.11. The fourth-order valence-corrected chi connectivity index (χ4v) is 3.56. The second-order valence-electron chi connectivity index (χ2n) is 7.46. The lowest BCUT2D eigenvalue weighted by Gasteiger charge is -2.31. The maximum Gasteiger partial charge on any atom is 0.247 e. The van der Waals surface area contributed by atoms with Gasteiger partial charge in [0.2, 0.25) is 11.8 Å². The van der Waals surface area contributed by atoms with E-state index in [4.69, 9.17) is 4.74 Å². The van der Waals surface area contributed by atoms with Crippen molar-refractivity contribution >= 4 is 17.5 Å². The van der Waals surface area contributed by atoms with Crippen LogP contribution in [0, 0.1) is 17.8 Å². The van der Waals surface area contributed by atoms with Gasteiger partial charge in [0.05, 0.1) is 7.11 Å². The molecule has 0 aliphatic heterocycles. The van der Waals surface area contributed by atoms with E-state index in [-0.39, 0.29) is 23.7 Å². The van der Waals surface area contributed by atoms with Crippen LogP contribution in [-0.2, 0) is 9.59 Å². The Labute approximate surface area is 156 Å². The molecule has 1 saturated carbocycles. The van der Waals surface area contributed by atoms with Gasteiger partial charge in [-0.15, -0.1) is 0 Å². The molecule has 26 heavy (non-hydrogen) atoms. The van der Waals surface area contributed by atoms with Crippen LogP contribution in [0.15, 0.2) is 24.3 Å². The van der Waals surface area contributed by atoms with Crippen molar-refractivity contribution in [2.24, 2.45) is 17.8 Å². The molecule has 0 saturated heterocycles. The third kappa shape index (κ3) is 5.23. The molecule has 1 aromatic carbocycles. The van der Waals surface area contributed by atoms with Gasteiger partial charge in [-0.3, -0.25) is 9.59 Å². The zero-order valence-corrected chi connectivity index (χ0v) is 16.4. The predicted molar refractivity (Wildman–Crippen MR) is 104 cm³/mol. The number of methoxy groups -OCH3 is 1. The third-order valence-corrected chi connectivity index (χ3v) is 5.60. The lowest BCUT2D eigenvalue weighted by Crippen LogP contribution is -2.50. The first-order chi connectivity index (χ1) is 12.5. The third-order valence-electron chi connectivity index (χ3n) is 5.60. The lowest BCUT2D eigenvalue weighted by atomic mass is 9.79. The number of carbonyl (C=O) groups is 2. The average Bonchev–Trinajstić information content (AvgIpc) is 2.66. The van der Waals surface area contributed by atoms with Crippen LogP contribution in [-0.4, -0.2) is 25.0 Å². The van der Waals surface area contributed by atoms with Gasteiger partial charge in [0, 0.05) is 11.6 Å². The number of hydrogen-bond donors (Lipinski definition) is 2. The molecule has 1 aromatic rings. The standard InChI is InChI=1S/C21H32N2O3/c1-5-14(2)19(23-20(24)18-9-7-6-8-15(18)3)21(25)22-16-10-12-17(26-4)13-11-16/h10-15,18-19H,5-9H2,1-4H3,(H,22,25)(H,23,24)/t14-,15-,18-,19-/m0/s1. The van der Waals surface area contributed by atoms with Gasteiger partial charge >= 0.3 is 0 Å². The Balaban J connectivity index is 2.05. The largest absolute Gasteiger partial charge is 0.497 e. The van der Waals surface area contributed by atoms with E-state index in [1.54, 1.807) is 31.4 Å². The Morgan fingerprint density at radius 3 is 2.42 bits per heavy atom. The SMILES string of the molecule is CC[C@H](C)[C@H](NC(=O)[C@H]1CCCC[C@@H]1C)C(=O)Nc1ccc(OC)cc1. The maximum atomic E-state index is 12.8. The van der Waals surface area contributed by atoms with Gasteiger partial charge < -0.3 is 15.4 Å². The van der Waals surface area contributed by atoms with E-state index in [2.05, 4.69) is 17.6 Å². The minimum Gasteiger partial charge on any atom is -0.497 e. The number of hydrogen-bond acceptors (Lipinski definition) is 3. The molecule has 5 heteroatoms. The van der Waals surface area contributed by atoms with Crippen molar-refractivity contribution in [1.29, 1.82) is 0 Å². The van der Waals surface area contributed by atoms with Crippen LogP contribution in [0.3, 0.4) is 0 Å². The van der Waals surface area contributed by atoms with Crippen LogP contribution >= 0.6 is 0 Å². The lowest BCUT2D eigenvalue weighted by molar-refractivity contribution is -0.132. The van der Waals surface area contributed by atoms with Gasteiger partial charge in [-0.2, -0.15) is 0 Å². The second-order valence-corrected chi connectivity index (χ2v) is 7.46. The Bertz CT molecular complexity index is 600.